The zero-order valence-electron chi connectivity index (χ0n) is 8.05. The average molecular weight is 160 g/mol. The molecule has 0 aromatic rings. The Morgan fingerprint density at radius 3 is 2.36 bits per heavy atom. The molecule has 0 radical (unpaired) electrons. The zero-order chi connectivity index (χ0) is 8.91. The van der Waals surface area contributed by atoms with E-state index in [4.69, 9.17) is 9.84 Å². The predicted molar refractivity (Wildman–Crippen MR) is 46.4 cm³/mol. The van der Waals surface area contributed by atoms with E-state index in [0.717, 1.165) is 12.8 Å². The van der Waals surface area contributed by atoms with Crippen LogP contribution in [0.5, 0.6) is 0 Å². The molecule has 0 aromatic carbocycles. The number of ether oxygens (including phenoxy) is 1. The Balaban J connectivity index is 3.61. The minimum absolute atomic E-state index is 0.176. The van der Waals surface area contributed by atoms with Gasteiger partial charge in [-0.2, -0.15) is 0 Å². The highest BCUT2D eigenvalue weighted by atomic mass is 16.6. The van der Waals surface area contributed by atoms with E-state index in [1.165, 1.54) is 6.42 Å². The molecule has 1 N–H and O–H groups in total. The molecule has 1 unspecified atom stereocenters. The predicted octanol–water partition coefficient (Wildman–Crippen LogP) is 2.31. The third-order valence-electron chi connectivity index (χ3n) is 1.62. The average Bonchev–Trinajstić information content (AvgIpc) is 1.81. The molecule has 0 aromatic heterocycles. The topological polar surface area (TPSA) is 29.5 Å². The van der Waals surface area contributed by atoms with Gasteiger partial charge in [0.1, 0.15) is 0 Å². The maximum Gasteiger partial charge on any atom is 0.152 e. The Labute approximate surface area is 69.6 Å². The van der Waals surface area contributed by atoms with E-state index in [0.29, 0.717) is 0 Å². The summed E-state index contributed by atoms with van der Waals surface area (Å²) in [4.78, 5) is 0. The van der Waals surface area contributed by atoms with E-state index in [1.54, 1.807) is 6.92 Å². The largest absolute Gasteiger partial charge is 0.368 e. The van der Waals surface area contributed by atoms with Crippen molar-refractivity contribution in [1.82, 2.24) is 0 Å². The van der Waals surface area contributed by atoms with Gasteiger partial charge in [0.15, 0.2) is 6.29 Å². The summed E-state index contributed by atoms with van der Waals surface area (Å²) in [5, 5.41) is 8.97. The number of aliphatic hydroxyl groups is 1. The quantitative estimate of drug-likeness (QED) is 0.625. The lowest BCUT2D eigenvalue weighted by Gasteiger charge is -2.26. The summed E-state index contributed by atoms with van der Waals surface area (Å²) in [6.07, 6.45) is 2.68. The fourth-order valence-corrected chi connectivity index (χ4v) is 1.12. The number of hydrogen-bond acceptors (Lipinski definition) is 2. The molecule has 0 spiro atoms. The van der Waals surface area contributed by atoms with Crippen LogP contribution in [0.15, 0.2) is 0 Å². The summed E-state index contributed by atoms with van der Waals surface area (Å²) in [5.74, 6) is 0. The van der Waals surface area contributed by atoms with Gasteiger partial charge in [-0.3, -0.25) is 0 Å². The summed E-state index contributed by atoms with van der Waals surface area (Å²) in [7, 11) is 0. The van der Waals surface area contributed by atoms with E-state index < -0.39 is 6.29 Å². The first-order valence-electron chi connectivity index (χ1n) is 4.34. The molecule has 0 rings (SSSR count). The van der Waals surface area contributed by atoms with E-state index in [1.807, 2.05) is 13.8 Å². The molecule has 68 valence electrons. The summed E-state index contributed by atoms with van der Waals surface area (Å²) in [5.41, 5.74) is -0.176. The Morgan fingerprint density at radius 2 is 2.00 bits per heavy atom. The van der Waals surface area contributed by atoms with Gasteiger partial charge in [-0.25, -0.2) is 0 Å². The van der Waals surface area contributed by atoms with Gasteiger partial charge in [-0.05, 0) is 27.2 Å². The fraction of sp³-hybridized carbons (Fsp3) is 1.00. The number of aliphatic hydroxyl groups excluding tert-OH is 1. The Bertz CT molecular complexity index is 97.7. The van der Waals surface area contributed by atoms with Crippen molar-refractivity contribution in [3.63, 3.8) is 0 Å². The van der Waals surface area contributed by atoms with Crippen molar-refractivity contribution in [3.8, 4) is 0 Å². The van der Waals surface area contributed by atoms with Crippen LogP contribution in [0, 0.1) is 0 Å². The SMILES string of the molecule is CCCCC(C)(C)OC(C)O. The zero-order valence-corrected chi connectivity index (χ0v) is 8.05. The highest BCUT2D eigenvalue weighted by Crippen LogP contribution is 2.18. The van der Waals surface area contributed by atoms with Gasteiger partial charge in [0, 0.05) is 0 Å². The molecule has 0 aliphatic carbocycles. The number of unbranched alkanes of at least 4 members (excludes halogenated alkanes) is 1. The van der Waals surface area contributed by atoms with Crippen molar-refractivity contribution in [3.05, 3.63) is 0 Å². The normalized spacial score (nSPS) is 15.0. The Morgan fingerprint density at radius 1 is 1.45 bits per heavy atom. The van der Waals surface area contributed by atoms with Crippen LogP contribution < -0.4 is 0 Å². The first-order chi connectivity index (χ1) is 4.98. The molecule has 0 heterocycles. The first kappa shape index (κ1) is 10.9. The molecule has 1 atom stereocenters. The van der Waals surface area contributed by atoms with Crippen LogP contribution in [0.1, 0.15) is 47.0 Å². The maximum absolute atomic E-state index is 8.97. The van der Waals surface area contributed by atoms with Crippen LogP contribution in [0.2, 0.25) is 0 Å². The minimum Gasteiger partial charge on any atom is -0.368 e. The van der Waals surface area contributed by atoms with Crippen LogP contribution in [0.25, 0.3) is 0 Å². The van der Waals surface area contributed by atoms with Crippen LogP contribution in [-0.4, -0.2) is 17.0 Å². The van der Waals surface area contributed by atoms with Crippen LogP contribution in [-0.2, 0) is 4.74 Å². The van der Waals surface area contributed by atoms with Crippen molar-refractivity contribution in [2.24, 2.45) is 0 Å². The van der Waals surface area contributed by atoms with Crippen molar-refractivity contribution >= 4 is 0 Å². The molecule has 0 aliphatic heterocycles. The van der Waals surface area contributed by atoms with Gasteiger partial charge in [0.05, 0.1) is 5.60 Å². The summed E-state index contributed by atoms with van der Waals surface area (Å²) in [6, 6.07) is 0. The van der Waals surface area contributed by atoms with Crippen molar-refractivity contribution in [2.75, 3.05) is 0 Å². The van der Waals surface area contributed by atoms with Gasteiger partial charge in [-0.1, -0.05) is 19.8 Å². The lowest BCUT2D eigenvalue weighted by Crippen LogP contribution is -2.28. The third-order valence-corrected chi connectivity index (χ3v) is 1.62. The van der Waals surface area contributed by atoms with Crippen molar-refractivity contribution in [1.29, 1.82) is 0 Å². The molecule has 2 heteroatoms. The van der Waals surface area contributed by atoms with Gasteiger partial charge >= 0.3 is 0 Å². The standard InChI is InChI=1S/C9H20O2/c1-5-6-7-9(3,4)11-8(2)10/h8,10H,5-7H2,1-4H3. The molecular formula is C9H20O2. The lowest BCUT2D eigenvalue weighted by molar-refractivity contribution is -0.164. The van der Waals surface area contributed by atoms with Gasteiger partial charge in [-0.15, -0.1) is 0 Å². The number of hydrogen-bond donors (Lipinski definition) is 1. The minimum atomic E-state index is -0.651. The lowest BCUT2D eigenvalue weighted by atomic mass is 10.0. The highest BCUT2D eigenvalue weighted by molar-refractivity contribution is 4.67. The molecule has 11 heavy (non-hydrogen) atoms. The van der Waals surface area contributed by atoms with Crippen molar-refractivity contribution in [2.45, 2.75) is 58.8 Å². The Hall–Kier alpha value is -0.0800. The monoisotopic (exact) mass is 160 g/mol. The van der Waals surface area contributed by atoms with Crippen LogP contribution in [0.3, 0.4) is 0 Å². The first-order valence-corrected chi connectivity index (χ1v) is 4.34. The molecular weight excluding hydrogens is 140 g/mol. The van der Waals surface area contributed by atoms with E-state index in [-0.39, 0.29) is 5.60 Å². The molecule has 0 amide bonds. The van der Waals surface area contributed by atoms with E-state index in [9.17, 15) is 0 Å². The van der Waals surface area contributed by atoms with Gasteiger partial charge in [0.2, 0.25) is 0 Å². The molecule has 2 nitrogen and oxygen atoms in total. The second-order valence-corrected chi connectivity index (χ2v) is 3.58. The maximum atomic E-state index is 8.97. The fourth-order valence-electron chi connectivity index (χ4n) is 1.12. The number of rotatable bonds is 5. The summed E-state index contributed by atoms with van der Waals surface area (Å²) in [6.45, 7) is 7.82. The Kier molecular flexibility index (Phi) is 4.69. The molecule has 0 bridgehead atoms. The van der Waals surface area contributed by atoms with Gasteiger partial charge < -0.3 is 9.84 Å². The molecule has 0 fully saturated rings. The van der Waals surface area contributed by atoms with E-state index >= 15 is 0 Å². The summed E-state index contributed by atoms with van der Waals surface area (Å²) >= 11 is 0. The van der Waals surface area contributed by atoms with E-state index in [2.05, 4.69) is 6.92 Å². The smallest absolute Gasteiger partial charge is 0.152 e. The molecule has 0 aliphatic rings. The molecule has 0 saturated carbocycles. The second-order valence-electron chi connectivity index (χ2n) is 3.58. The van der Waals surface area contributed by atoms with Crippen LogP contribution >= 0.6 is 0 Å². The van der Waals surface area contributed by atoms with Crippen LogP contribution in [0.4, 0.5) is 0 Å². The highest BCUT2D eigenvalue weighted by Gasteiger charge is 2.19. The second kappa shape index (κ2) is 4.73. The summed E-state index contributed by atoms with van der Waals surface area (Å²) < 4.78 is 5.30. The molecule has 0 saturated heterocycles. The third kappa shape index (κ3) is 6.32. The van der Waals surface area contributed by atoms with Gasteiger partial charge in [0.25, 0.3) is 0 Å². The van der Waals surface area contributed by atoms with Crippen molar-refractivity contribution < 1.29 is 9.84 Å².